The summed E-state index contributed by atoms with van der Waals surface area (Å²) in [5, 5.41) is 17.1. The number of carboxylic acid groups (broad SMARTS) is 2. The summed E-state index contributed by atoms with van der Waals surface area (Å²) in [6.07, 6.45) is 1.55. The summed E-state index contributed by atoms with van der Waals surface area (Å²) < 4.78 is 59.3. The number of halogens is 5. The van der Waals surface area contributed by atoms with Crippen LogP contribution >= 0.6 is 23.2 Å². The Hall–Kier alpha value is -2.77. The van der Waals surface area contributed by atoms with E-state index in [0.29, 0.717) is 5.82 Å². The zero-order chi connectivity index (χ0) is 27.1. The fourth-order valence-corrected chi connectivity index (χ4v) is 4.66. The first kappa shape index (κ1) is 29.5. The number of rotatable bonds is 5. The number of aliphatic carboxylic acids is 1. The summed E-state index contributed by atoms with van der Waals surface area (Å²) >= 11 is 11.7. The van der Waals surface area contributed by atoms with Crippen molar-refractivity contribution in [2.24, 2.45) is 0 Å². The minimum absolute atomic E-state index is 0.0417. The van der Waals surface area contributed by atoms with E-state index >= 15 is 0 Å². The molecule has 36 heavy (non-hydrogen) atoms. The second-order valence-corrected chi connectivity index (χ2v) is 10.1. The molecule has 2 aromatic rings. The molecule has 0 amide bonds. The van der Waals surface area contributed by atoms with Gasteiger partial charge >= 0.3 is 18.1 Å². The van der Waals surface area contributed by atoms with Crippen LogP contribution in [0.1, 0.15) is 42.5 Å². The van der Waals surface area contributed by atoms with E-state index < -0.39 is 28.1 Å². The molecule has 1 aliphatic rings. The molecule has 0 bridgehead atoms. The fraction of sp³-hybridized carbons (Fsp3) is 0.381. The quantitative estimate of drug-likeness (QED) is 0.440. The van der Waals surface area contributed by atoms with Crippen LogP contribution in [0.15, 0.2) is 35.4 Å². The molecule has 198 valence electrons. The van der Waals surface area contributed by atoms with Crippen LogP contribution < -0.4 is 9.62 Å². The Morgan fingerprint density at radius 3 is 2.03 bits per heavy atom. The van der Waals surface area contributed by atoms with E-state index in [4.69, 9.17) is 33.1 Å². The van der Waals surface area contributed by atoms with Crippen molar-refractivity contribution in [3.63, 3.8) is 0 Å². The number of nitrogens with one attached hydrogen (secondary N) is 1. The summed E-state index contributed by atoms with van der Waals surface area (Å²) in [7, 11) is -3.98. The average Bonchev–Trinajstić information content (AvgIpc) is 2.75. The number of sulfonamides is 1. The van der Waals surface area contributed by atoms with Gasteiger partial charge in [-0.05, 0) is 37.1 Å². The van der Waals surface area contributed by atoms with Crippen molar-refractivity contribution < 1.29 is 41.4 Å². The summed E-state index contributed by atoms with van der Waals surface area (Å²) in [6, 6.07) is 5.21. The molecule has 0 spiro atoms. The predicted octanol–water partition coefficient (Wildman–Crippen LogP) is 5.29. The van der Waals surface area contributed by atoms with Crippen LogP contribution in [0.2, 0.25) is 10.0 Å². The molecule has 1 saturated heterocycles. The van der Waals surface area contributed by atoms with Gasteiger partial charge in [-0.3, -0.25) is 4.72 Å². The number of carboxylic acids is 2. The lowest BCUT2D eigenvalue weighted by Crippen LogP contribution is -2.29. The van der Waals surface area contributed by atoms with Gasteiger partial charge in [0.15, 0.2) is 0 Å². The Balaban J connectivity index is 0.000000572. The van der Waals surface area contributed by atoms with Crippen molar-refractivity contribution in [3.05, 3.63) is 46.1 Å². The molecule has 2 heterocycles. The second-order valence-electron chi connectivity index (χ2n) is 7.64. The van der Waals surface area contributed by atoms with Crippen LogP contribution in [0, 0.1) is 0 Å². The maximum atomic E-state index is 12.6. The molecular formula is C21H22Cl2F3N3O6S. The molecule has 9 nitrogen and oxygen atoms in total. The third kappa shape index (κ3) is 8.42. The van der Waals surface area contributed by atoms with Gasteiger partial charge in [0, 0.05) is 13.1 Å². The van der Waals surface area contributed by atoms with Crippen molar-refractivity contribution in [1.82, 2.24) is 4.98 Å². The molecule has 1 aromatic heterocycles. The summed E-state index contributed by atoms with van der Waals surface area (Å²) in [5.41, 5.74) is 0.0178. The first-order chi connectivity index (χ1) is 16.7. The van der Waals surface area contributed by atoms with Crippen LogP contribution in [0.4, 0.5) is 24.7 Å². The maximum Gasteiger partial charge on any atom is 0.490 e. The molecule has 3 rings (SSSR count). The lowest BCUT2D eigenvalue weighted by molar-refractivity contribution is -0.192. The van der Waals surface area contributed by atoms with Gasteiger partial charge in [-0.15, -0.1) is 0 Å². The smallest absolute Gasteiger partial charge is 0.478 e. The Morgan fingerprint density at radius 2 is 1.53 bits per heavy atom. The summed E-state index contributed by atoms with van der Waals surface area (Å²) in [5.74, 6) is -3.56. The highest BCUT2D eigenvalue weighted by atomic mass is 35.5. The van der Waals surface area contributed by atoms with Crippen LogP contribution in [0.5, 0.6) is 0 Å². The monoisotopic (exact) mass is 571 g/mol. The van der Waals surface area contributed by atoms with Crippen molar-refractivity contribution in [1.29, 1.82) is 0 Å². The normalized spacial score (nSPS) is 14.6. The van der Waals surface area contributed by atoms with Crippen molar-refractivity contribution in [3.8, 4) is 0 Å². The van der Waals surface area contributed by atoms with Crippen molar-refractivity contribution in [2.45, 2.75) is 43.2 Å². The van der Waals surface area contributed by atoms with E-state index in [1.807, 2.05) is 4.90 Å². The Morgan fingerprint density at radius 1 is 0.972 bits per heavy atom. The number of hydrogen-bond donors (Lipinski definition) is 3. The lowest BCUT2D eigenvalue weighted by Gasteiger charge is -2.27. The molecular weight excluding hydrogens is 550 g/mol. The minimum Gasteiger partial charge on any atom is -0.478 e. The van der Waals surface area contributed by atoms with Crippen LogP contribution in [-0.4, -0.2) is 54.8 Å². The summed E-state index contributed by atoms with van der Waals surface area (Å²) in [6.45, 7) is 1.45. The van der Waals surface area contributed by atoms with Crippen molar-refractivity contribution in [2.75, 3.05) is 22.7 Å². The topological polar surface area (TPSA) is 137 Å². The highest BCUT2D eigenvalue weighted by Crippen LogP contribution is 2.28. The van der Waals surface area contributed by atoms with Gasteiger partial charge in [0.1, 0.15) is 11.4 Å². The number of aromatic carboxylic acids is 1. The van der Waals surface area contributed by atoms with Gasteiger partial charge in [-0.2, -0.15) is 13.2 Å². The highest BCUT2D eigenvalue weighted by Gasteiger charge is 2.38. The van der Waals surface area contributed by atoms with E-state index in [9.17, 15) is 31.5 Å². The van der Waals surface area contributed by atoms with E-state index in [1.54, 1.807) is 0 Å². The predicted molar refractivity (Wildman–Crippen MR) is 127 cm³/mol. The number of pyridine rings is 1. The highest BCUT2D eigenvalue weighted by molar-refractivity contribution is 7.92. The largest absolute Gasteiger partial charge is 0.490 e. The Labute approximate surface area is 214 Å². The number of aromatic nitrogens is 1. The maximum absolute atomic E-state index is 12.6. The standard InChI is InChI=1S/C19H21Cl2N3O4S.C2HF3O2/c20-16-7-6-14(11-17(16)21)29(27,28)23-13-10-15(19(25)26)18(22-12-13)24-8-4-2-1-3-5-9-24;3-2(4,5)1(6)7/h6-7,10-12,23H,1-5,8-9H2,(H,25,26);(H,6,7). The molecule has 1 fully saturated rings. The second kappa shape index (κ2) is 12.5. The summed E-state index contributed by atoms with van der Waals surface area (Å²) in [4.78, 5) is 26.9. The fourth-order valence-electron chi connectivity index (χ4n) is 3.24. The minimum atomic E-state index is -5.08. The number of carbonyl (C=O) groups is 2. The zero-order valence-corrected chi connectivity index (χ0v) is 20.9. The van der Waals surface area contributed by atoms with Gasteiger partial charge in [0.25, 0.3) is 10.0 Å². The van der Waals surface area contributed by atoms with E-state index in [1.165, 1.54) is 36.9 Å². The van der Waals surface area contributed by atoms with Gasteiger partial charge in [-0.1, -0.05) is 42.5 Å². The Kier molecular flexibility index (Phi) is 10.2. The van der Waals surface area contributed by atoms with Gasteiger partial charge < -0.3 is 15.1 Å². The van der Waals surface area contributed by atoms with Gasteiger partial charge in [0.05, 0.1) is 26.8 Å². The van der Waals surface area contributed by atoms with Gasteiger partial charge in [0.2, 0.25) is 0 Å². The first-order valence-corrected chi connectivity index (χ1v) is 12.7. The Bertz CT molecular complexity index is 1200. The molecule has 3 N–H and O–H groups in total. The number of hydrogen-bond acceptors (Lipinski definition) is 6. The molecule has 0 radical (unpaired) electrons. The molecule has 1 aliphatic heterocycles. The number of alkyl halides is 3. The van der Waals surface area contributed by atoms with Crippen LogP contribution in [0.3, 0.4) is 0 Å². The molecule has 0 saturated carbocycles. The van der Waals surface area contributed by atoms with E-state index in [0.717, 1.165) is 38.8 Å². The van der Waals surface area contributed by atoms with Crippen LogP contribution in [0.25, 0.3) is 0 Å². The lowest BCUT2D eigenvalue weighted by atomic mass is 10.1. The number of anilines is 2. The van der Waals surface area contributed by atoms with E-state index in [-0.39, 0.29) is 26.2 Å². The molecule has 15 heteroatoms. The third-order valence-electron chi connectivity index (χ3n) is 4.95. The third-order valence-corrected chi connectivity index (χ3v) is 7.07. The molecule has 1 aromatic carbocycles. The number of benzene rings is 1. The first-order valence-electron chi connectivity index (χ1n) is 10.5. The number of nitrogens with zero attached hydrogens (tertiary/aromatic N) is 2. The van der Waals surface area contributed by atoms with E-state index in [2.05, 4.69) is 9.71 Å². The van der Waals surface area contributed by atoms with Crippen LogP contribution in [-0.2, 0) is 14.8 Å². The molecule has 0 unspecified atom stereocenters. The zero-order valence-electron chi connectivity index (χ0n) is 18.6. The van der Waals surface area contributed by atoms with Crippen molar-refractivity contribution >= 4 is 56.7 Å². The molecule has 0 aliphatic carbocycles. The van der Waals surface area contributed by atoms with Gasteiger partial charge in [-0.25, -0.2) is 23.0 Å². The molecule has 0 atom stereocenters. The SMILES string of the molecule is O=C(O)C(F)(F)F.O=C(O)c1cc(NS(=O)(=O)c2ccc(Cl)c(Cl)c2)cnc1N1CCCCCCC1. The average molecular weight is 572 g/mol.